The van der Waals surface area contributed by atoms with Crippen LogP contribution in [-0.2, 0) is 0 Å². The molecule has 14 heavy (non-hydrogen) atoms. The molecule has 1 heterocycles. The van der Waals surface area contributed by atoms with Gasteiger partial charge in [0.2, 0.25) is 0 Å². The van der Waals surface area contributed by atoms with Gasteiger partial charge in [0.1, 0.15) is 24.5 Å². The molecule has 1 unspecified atom stereocenters. The van der Waals surface area contributed by atoms with Crippen molar-refractivity contribution in [3.8, 4) is 0 Å². The normalized spacial score (nSPS) is 45.4. The fourth-order valence-corrected chi connectivity index (χ4v) is 1.83. The highest BCUT2D eigenvalue weighted by molar-refractivity contribution is 4.95. The number of hydrogen-bond donors (Lipinski definition) is 5. The van der Waals surface area contributed by atoms with Gasteiger partial charge in [0.25, 0.3) is 0 Å². The summed E-state index contributed by atoms with van der Waals surface area (Å²) in [4.78, 5) is 1.35. The third-order valence-electron chi connectivity index (χ3n) is 2.72. The zero-order chi connectivity index (χ0) is 10.9. The Kier molecular flexibility index (Phi) is 3.82. The van der Waals surface area contributed by atoms with E-state index < -0.39 is 30.6 Å². The Morgan fingerprint density at radius 3 is 2.00 bits per heavy atom. The smallest absolute Gasteiger partial charge is 0.136 e. The van der Waals surface area contributed by atoms with Crippen LogP contribution in [0.25, 0.3) is 0 Å². The van der Waals surface area contributed by atoms with Gasteiger partial charge in [0.15, 0.2) is 0 Å². The van der Waals surface area contributed by atoms with E-state index in [2.05, 4.69) is 0 Å². The Hall–Kier alpha value is -0.240. The van der Waals surface area contributed by atoms with E-state index in [1.807, 2.05) is 0 Å². The lowest BCUT2D eigenvalue weighted by atomic mass is 9.93. The fraction of sp³-hybridized carbons (Fsp3) is 1.00. The van der Waals surface area contributed by atoms with Crippen molar-refractivity contribution in [1.29, 1.82) is 0 Å². The first-order chi connectivity index (χ1) is 6.54. The highest BCUT2D eigenvalue weighted by Gasteiger charge is 2.45. The van der Waals surface area contributed by atoms with Crippen LogP contribution in [0.1, 0.15) is 6.92 Å². The van der Waals surface area contributed by atoms with E-state index in [1.165, 1.54) is 4.90 Å². The highest BCUT2D eigenvalue weighted by Crippen LogP contribution is 2.22. The standard InChI is InChI=1S/C8H17NO5/c1-2-9-4(3-10)5(11)6(12)7(13)8(9)14/h4-8,10-14H,2-3H2,1H3/t4-,5+,6+,7-,8?/m1/s1. The molecular formula is C8H17NO5. The molecule has 6 heteroatoms. The second-order valence-corrected chi connectivity index (χ2v) is 3.47. The molecule has 0 saturated carbocycles. The van der Waals surface area contributed by atoms with Crippen molar-refractivity contribution in [3.05, 3.63) is 0 Å². The van der Waals surface area contributed by atoms with Crippen LogP contribution in [0, 0.1) is 0 Å². The van der Waals surface area contributed by atoms with E-state index >= 15 is 0 Å². The molecule has 0 aromatic heterocycles. The lowest BCUT2D eigenvalue weighted by molar-refractivity contribution is -0.221. The second kappa shape index (κ2) is 4.52. The molecule has 5 N–H and O–H groups in total. The average molecular weight is 207 g/mol. The Morgan fingerprint density at radius 1 is 1.00 bits per heavy atom. The van der Waals surface area contributed by atoms with E-state index in [0.717, 1.165) is 0 Å². The minimum atomic E-state index is -1.43. The van der Waals surface area contributed by atoms with Gasteiger partial charge in [0.05, 0.1) is 12.6 Å². The highest BCUT2D eigenvalue weighted by atomic mass is 16.4. The lowest BCUT2D eigenvalue weighted by Gasteiger charge is -2.45. The summed E-state index contributed by atoms with van der Waals surface area (Å²) in [7, 11) is 0. The number of piperidine rings is 1. The first kappa shape index (κ1) is 11.8. The minimum absolute atomic E-state index is 0.368. The molecule has 1 fully saturated rings. The summed E-state index contributed by atoms with van der Waals surface area (Å²) < 4.78 is 0. The van der Waals surface area contributed by atoms with E-state index in [-0.39, 0.29) is 6.61 Å². The number of likely N-dealkylation sites (tertiary alicyclic amines) is 1. The predicted octanol–water partition coefficient (Wildman–Crippen LogP) is -2.92. The molecule has 1 rings (SSSR count). The summed E-state index contributed by atoms with van der Waals surface area (Å²) in [5.41, 5.74) is 0. The summed E-state index contributed by atoms with van der Waals surface area (Å²) in [6.45, 7) is 1.71. The molecule has 6 nitrogen and oxygen atoms in total. The van der Waals surface area contributed by atoms with Gasteiger partial charge >= 0.3 is 0 Å². The largest absolute Gasteiger partial charge is 0.395 e. The third kappa shape index (κ3) is 1.77. The van der Waals surface area contributed by atoms with Crippen LogP contribution in [-0.4, -0.2) is 74.2 Å². The van der Waals surface area contributed by atoms with Crippen LogP contribution < -0.4 is 0 Å². The molecule has 0 aliphatic carbocycles. The van der Waals surface area contributed by atoms with Gasteiger partial charge in [-0.25, -0.2) is 0 Å². The first-order valence-electron chi connectivity index (χ1n) is 4.63. The molecule has 1 saturated heterocycles. The maximum Gasteiger partial charge on any atom is 0.136 e. The van der Waals surface area contributed by atoms with Crippen molar-refractivity contribution < 1.29 is 25.5 Å². The molecule has 5 atom stereocenters. The molecule has 0 aromatic carbocycles. The summed E-state index contributed by atoms with van der Waals surface area (Å²) in [5.74, 6) is 0. The Morgan fingerprint density at radius 2 is 1.57 bits per heavy atom. The van der Waals surface area contributed by atoms with E-state index in [0.29, 0.717) is 6.54 Å². The Labute approximate surface area is 82.0 Å². The first-order valence-corrected chi connectivity index (χ1v) is 4.63. The SMILES string of the molecule is CCN1C(O)[C@H](O)[C@@H](O)[C@@H](O)[C@H]1CO. The van der Waals surface area contributed by atoms with Crippen molar-refractivity contribution in [2.45, 2.75) is 37.5 Å². The summed E-state index contributed by atoms with van der Waals surface area (Å²) >= 11 is 0. The summed E-state index contributed by atoms with van der Waals surface area (Å²) in [6, 6.07) is -0.742. The van der Waals surface area contributed by atoms with Crippen molar-refractivity contribution in [3.63, 3.8) is 0 Å². The topological polar surface area (TPSA) is 104 Å². The third-order valence-corrected chi connectivity index (χ3v) is 2.72. The van der Waals surface area contributed by atoms with Gasteiger partial charge < -0.3 is 25.5 Å². The maximum atomic E-state index is 9.52. The monoisotopic (exact) mass is 207 g/mol. The Bertz CT molecular complexity index is 171. The van der Waals surface area contributed by atoms with Crippen molar-refractivity contribution >= 4 is 0 Å². The minimum Gasteiger partial charge on any atom is -0.395 e. The Balaban J connectivity index is 2.84. The number of aliphatic hydroxyl groups excluding tert-OH is 5. The zero-order valence-corrected chi connectivity index (χ0v) is 7.98. The number of hydrogen-bond acceptors (Lipinski definition) is 6. The van der Waals surface area contributed by atoms with Crippen molar-refractivity contribution in [2.75, 3.05) is 13.2 Å². The van der Waals surface area contributed by atoms with Crippen LogP contribution in [0.2, 0.25) is 0 Å². The van der Waals surface area contributed by atoms with Gasteiger partial charge in [0, 0.05) is 0 Å². The van der Waals surface area contributed by atoms with Gasteiger partial charge in [-0.1, -0.05) is 6.92 Å². The van der Waals surface area contributed by atoms with Crippen molar-refractivity contribution in [2.24, 2.45) is 0 Å². The van der Waals surface area contributed by atoms with Gasteiger partial charge in [-0.15, -0.1) is 0 Å². The summed E-state index contributed by atoms with van der Waals surface area (Å²) in [5, 5.41) is 46.7. The second-order valence-electron chi connectivity index (χ2n) is 3.47. The molecule has 1 aliphatic rings. The van der Waals surface area contributed by atoms with E-state index in [1.54, 1.807) is 6.92 Å². The quantitative estimate of drug-likeness (QED) is 0.332. The van der Waals surface area contributed by atoms with Crippen LogP contribution in [0.3, 0.4) is 0 Å². The number of rotatable bonds is 2. The number of likely N-dealkylation sites (N-methyl/N-ethyl adjacent to an activating group) is 1. The van der Waals surface area contributed by atoms with E-state index in [9.17, 15) is 20.4 Å². The molecule has 0 amide bonds. The van der Waals surface area contributed by atoms with Gasteiger partial charge in [-0.3, -0.25) is 4.90 Å². The molecule has 0 aromatic rings. The number of aliphatic hydroxyl groups is 5. The lowest BCUT2D eigenvalue weighted by Crippen LogP contribution is -2.67. The van der Waals surface area contributed by atoms with Crippen molar-refractivity contribution in [1.82, 2.24) is 4.90 Å². The predicted molar refractivity (Wildman–Crippen MR) is 47.3 cm³/mol. The van der Waals surface area contributed by atoms with Crippen LogP contribution in [0.5, 0.6) is 0 Å². The van der Waals surface area contributed by atoms with Gasteiger partial charge in [-0.2, -0.15) is 0 Å². The van der Waals surface area contributed by atoms with Gasteiger partial charge in [-0.05, 0) is 6.54 Å². The average Bonchev–Trinajstić information content (AvgIpc) is 2.20. The van der Waals surface area contributed by atoms with Crippen LogP contribution in [0.15, 0.2) is 0 Å². The molecule has 0 bridgehead atoms. The molecule has 0 spiro atoms. The molecule has 1 aliphatic heterocycles. The molecular weight excluding hydrogens is 190 g/mol. The summed E-state index contributed by atoms with van der Waals surface area (Å²) in [6.07, 6.45) is -5.34. The molecule has 84 valence electrons. The zero-order valence-electron chi connectivity index (χ0n) is 7.98. The van der Waals surface area contributed by atoms with Crippen LogP contribution >= 0.6 is 0 Å². The fourth-order valence-electron chi connectivity index (χ4n) is 1.83. The van der Waals surface area contributed by atoms with E-state index in [4.69, 9.17) is 5.11 Å². The molecule has 0 radical (unpaired) electrons. The number of nitrogens with zero attached hydrogens (tertiary/aromatic N) is 1. The van der Waals surface area contributed by atoms with Crippen LogP contribution in [0.4, 0.5) is 0 Å². The maximum absolute atomic E-state index is 9.52.